The van der Waals surface area contributed by atoms with E-state index >= 15 is 0 Å². The molecule has 6 nitrogen and oxygen atoms in total. The number of hydrogen-bond acceptors (Lipinski definition) is 6. The second-order valence-electron chi connectivity index (χ2n) is 6.22. The number of carbonyl (C=O) groups excluding carboxylic acids is 1. The first-order chi connectivity index (χ1) is 13.0. The quantitative estimate of drug-likeness (QED) is 0.601. The number of aromatic nitrogens is 3. The maximum Gasteiger partial charge on any atom is 0.237 e. The van der Waals surface area contributed by atoms with Gasteiger partial charge in [0.25, 0.3) is 0 Å². The highest BCUT2D eigenvalue weighted by Gasteiger charge is 2.20. The summed E-state index contributed by atoms with van der Waals surface area (Å²) in [6, 6.07) is 11.8. The van der Waals surface area contributed by atoms with Crippen molar-refractivity contribution < 1.29 is 4.79 Å². The standard InChI is InChI=1S/C19H23N5OS2/c1-5-24-17(16-7-6-12-26-16)21-22-19(24)27-13(2)18(25)20-14-8-10-15(11-9-14)23(3)4/h6-13H,5H2,1-4H3,(H,20,25). The Kier molecular flexibility index (Phi) is 6.18. The average Bonchev–Trinajstić information content (AvgIpc) is 3.31. The minimum absolute atomic E-state index is 0.0547. The molecule has 1 amide bonds. The van der Waals surface area contributed by atoms with Gasteiger partial charge in [-0.1, -0.05) is 17.8 Å². The van der Waals surface area contributed by atoms with Crippen LogP contribution in [0.3, 0.4) is 0 Å². The molecule has 1 atom stereocenters. The molecule has 0 bridgehead atoms. The average molecular weight is 402 g/mol. The van der Waals surface area contributed by atoms with E-state index in [1.54, 1.807) is 11.3 Å². The molecule has 0 spiro atoms. The molecule has 0 fully saturated rings. The number of nitrogens with zero attached hydrogens (tertiary/aromatic N) is 4. The Bertz CT molecular complexity index is 887. The fourth-order valence-electron chi connectivity index (χ4n) is 2.55. The van der Waals surface area contributed by atoms with Crippen LogP contribution < -0.4 is 10.2 Å². The number of nitrogens with one attached hydrogen (secondary N) is 1. The van der Waals surface area contributed by atoms with Crippen molar-refractivity contribution in [1.29, 1.82) is 0 Å². The first-order valence-electron chi connectivity index (χ1n) is 8.71. The summed E-state index contributed by atoms with van der Waals surface area (Å²) >= 11 is 3.06. The first-order valence-corrected chi connectivity index (χ1v) is 10.5. The van der Waals surface area contributed by atoms with Gasteiger partial charge in [-0.25, -0.2) is 0 Å². The maximum absolute atomic E-state index is 12.6. The lowest BCUT2D eigenvalue weighted by Crippen LogP contribution is -2.23. The highest BCUT2D eigenvalue weighted by Crippen LogP contribution is 2.29. The monoisotopic (exact) mass is 401 g/mol. The van der Waals surface area contributed by atoms with E-state index in [-0.39, 0.29) is 11.2 Å². The van der Waals surface area contributed by atoms with Gasteiger partial charge in [0.2, 0.25) is 5.91 Å². The van der Waals surface area contributed by atoms with Crippen molar-refractivity contribution in [1.82, 2.24) is 14.8 Å². The van der Waals surface area contributed by atoms with Crippen molar-refractivity contribution in [3.63, 3.8) is 0 Å². The normalized spacial score (nSPS) is 12.0. The topological polar surface area (TPSA) is 63.1 Å². The number of carbonyl (C=O) groups is 1. The Labute approximate surface area is 167 Å². The fourth-order valence-corrected chi connectivity index (χ4v) is 4.18. The van der Waals surface area contributed by atoms with Crippen LogP contribution in [0.25, 0.3) is 10.7 Å². The van der Waals surface area contributed by atoms with Crippen molar-refractivity contribution in [2.45, 2.75) is 30.8 Å². The van der Waals surface area contributed by atoms with Gasteiger partial charge < -0.3 is 14.8 Å². The lowest BCUT2D eigenvalue weighted by Gasteiger charge is -2.15. The summed E-state index contributed by atoms with van der Waals surface area (Å²) in [5, 5.41) is 14.1. The van der Waals surface area contributed by atoms with Crippen LogP contribution >= 0.6 is 23.1 Å². The molecule has 3 aromatic rings. The van der Waals surface area contributed by atoms with E-state index < -0.39 is 0 Å². The molecule has 3 rings (SSSR count). The smallest absolute Gasteiger partial charge is 0.237 e. The zero-order valence-corrected chi connectivity index (χ0v) is 17.5. The van der Waals surface area contributed by atoms with Crippen molar-refractivity contribution in [3.05, 3.63) is 41.8 Å². The number of amides is 1. The second-order valence-corrected chi connectivity index (χ2v) is 8.47. The van der Waals surface area contributed by atoms with Gasteiger partial charge in [-0.2, -0.15) is 0 Å². The van der Waals surface area contributed by atoms with Crippen LogP contribution in [0.5, 0.6) is 0 Å². The summed E-state index contributed by atoms with van der Waals surface area (Å²) in [5.41, 5.74) is 1.88. The molecule has 142 valence electrons. The van der Waals surface area contributed by atoms with E-state index in [2.05, 4.69) is 22.4 Å². The third-order valence-electron chi connectivity index (χ3n) is 4.08. The van der Waals surface area contributed by atoms with E-state index in [1.165, 1.54) is 11.8 Å². The summed E-state index contributed by atoms with van der Waals surface area (Å²) in [4.78, 5) is 15.7. The Balaban J connectivity index is 1.68. The van der Waals surface area contributed by atoms with Gasteiger partial charge in [0, 0.05) is 32.0 Å². The lowest BCUT2D eigenvalue weighted by atomic mass is 10.2. The summed E-state index contributed by atoms with van der Waals surface area (Å²) in [7, 11) is 3.97. The molecule has 0 aliphatic heterocycles. The third-order valence-corrected chi connectivity index (χ3v) is 6.02. The molecule has 0 saturated heterocycles. The molecular formula is C19H23N5OS2. The number of hydrogen-bond donors (Lipinski definition) is 1. The number of anilines is 2. The molecule has 0 aliphatic carbocycles. The summed E-state index contributed by atoms with van der Waals surface area (Å²) in [6.45, 7) is 4.69. The van der Waals surface area contributed by atoms with Crippen molar-refractivity contribution in [3.8, 4) is 10.7 Å². The number of thioether (sulfide) groups is 1. The zero-order valence-electron chi connectivity index (χ0n) is 15.8. The highest BCUT2D eigenvalue weighted by molar-refractivity contribution is 8.00. The van der Waals surface area contributed by atoms with Crippen LogP contribution in [0.1, 0.15) is 13.8 Å². The Morgan fingerprint density at radius 1 is 1.26 bits per heavy atom. The Hall–Kier alpha value is -2.32. The van der Waals surface area contributed by atoms with Gasteiger partial charge in [-0.15, -0.1) is 21.5 Å². The molecule has 1 unspecified atom stereocenters. The summed E-state index contributed by atoms with van der Waals surface area (Å²) < 4.78 is 2.05. The number of benzene rings is 1. The van der Waals surface area contributed by atoms with E-state index in [9.17, 15) is 4.79 Å². The van der Waals surface area contributed by atoms with Gasteiger partial charge >= 0.3 is 0 Å². The predicted octanol–water partition coefficient (Wildman–Crippen LogP) is 4.21. The van der Waals surface area contributed by atoms with Gasteiger partial charge in [0.05, 0.1) is 10.1 Å². The van der Waals surface area contributed by atoms with E-state index in [4.69, 9.17) is 0 Å². The molecule has 1 aromatic carbocycles. The minimum Gasteiger partial charge on any atom is -0.378 e. The van der Waals surface area contributed by atoms with Gasteiger partial charge in [-0.3, -0.25) is 4.79 Å². The number of rotatable bonds is 7. The molecule has 0 aliphatic rings. The van der Waals surface area contributed by atoms with Crippen LogP contribution in [-0.4, -0.2) is 40.0 Å². The van der Waals surface area contributed by atoms with Gasteiger partial charge in [-0.05, 0) is 49.6 Å². The summed E-state index contributed by atoms with van der Waals surface area (Å²) in [6.07, 6.45) is 0. The van der Waals surface area contributed by atoms with Gasteiger partial charge in [0.15, 0.2) is 11.0 Å². The van der Waals surface area contributed by atoms with Crippen molar-refractivity contribution in [2.75, 3.05) is 24.3 Å². The van der Waals surface area contributed by atoms with Crippen LogP contribution in [-0.2, 0) is 11.3 Å². The molecular weight excluding hydrogens is 378 g/mol. The molecule has 8 heteroatoms. The SMILES string of the molecule is CCn1c(SC(C)C(=O)Nc2ccc(N(C)C)cc2)nnc1-c1cccs1. The van der Waals surface area contributed by atoms with E-state index in [0.717, 1.165) is 33.8 Å². The zero-order chi connectivity index (χ0) is 19.4. The molecule has 2 heterocycles. The van der Waals surface area contributed by atoms with E-state index in [0.29, 0.717) is 0 Å². The summed E-state index contributed by atoms with van der Waals surface area (Å²) in [5.74, 6) is 0.794. The minimum atomic E-state index is -0.288. The fraction of sp³-hybridized carbons (Fsp3) is 0.316. The van der Waals surface area contributed by atoms with Crippen LogP contribution in [0, 0.1) is 0 Å². The molecule has 2 aromatic heterocycles. The van der Waals surface area contributed by atoms with Crippen molar-refractivity contribution >= 4 is 40.4 Å². The maximum atomic E-state index is 12.6. The van der Waals surface area contributed by atoms with Crippen molar-refractivity contribution in [2.24, 2.45) is 0 Å². The molecule has 0 saturated carbocycles. The van der Waals surface area contributed by atoms with Crippen LogP contribution in [0.2, 0.25) is 0 Å². The molecule has 27 heavy (non-hydrogen) atoms. The Morgan fingerprint density at radius 2 is 2.00 bits per heavy atom. The van der Waals surface area contributed by atoms with Crippen LogP contribution in [0.15, 0.2) is 46.9 Å². The predicted molar refractivity (Wildman–Crippen MR) is 114 cm³/mol. The second kappa shape index (κ2) is 8.58. The lowest BCUT2D eigenvalue weighted by molar-refractivity contribution is -0.115. The van der Waals surface area contributed by atoms with Crippen LogP contribution in [0.4, 0.5) is 11.4 Å². The highest BCUT2D eigenvalue weighted by atomic mass is 32.2. The van der Waals surface area contributed by atoms with E-state index in [1.807, 2.05) is 72.3 Å². The Morgan fingerprint density at radius 3 is 2.59 bits per heavy atom. The third kappa shape index (κ3) is 4.51. The largest absolute Gasteiger partial charge is 0.378 e. The number of thiophene rings is 1. The molecule has 0 radical (unpaired) electrons. The van der Waals surface area contributed by atoms with Gasteiger partial charge in [0.1, 0.15) is 0 Å². The first kappa shape index (κ1) is 19.4. The molecule has 1 N–H and O–H groups in total.